The molecule has 1 N–H and O–H groups in total. The minimum Gasteiger partial charge on any atom is -0.358 e. The first-order valence-electron chi connectivity index (χ1n) is 5.40. The summed E-state index contributed by atoms with van der Waals surface area (Å²) in [5.74, 6) is -0.657. The van der Waals surface area contributed by atoms with Gasteiger partial charge in [0.1, 0.15) is 11.4 Å². The summed E-state index contributed by atoms with van der Waals surface area (Å²) in [5, 5.41) is 2.34. The molecule has 2 aliphatic rings. The van der Waals surface area contributed by atoms with Crippen LogP contribution in [0.4, 0.5) is 0 Å². The first-order valence-corrected chi connectivity index (χ1v) is 5.40. The van der Waals surface area contributed by atoms with E-state index in [9.17, 15) is 9.59 Å². The van der Waals surface area contributed by atoms with Crippen LogP contribution in [-0.4, -0.2) is 34.4 Å². The molecule has 86 valence electrons. The summed E-state index contributed by atoms with van der Waals surface area (Å²) < 4.78 is 1.67. The van der Waals surface area contributed by atoms with Gasteiger partial charge in [0.2, 0.25) is 0 Å². The second kappa shape index (κ2) is 3.62. The topological polar surface area (TPSA) is 54.3 Å². The first kappa shape index (κ1) is 9.89. The van der Waals surface area contributed by atoms with Gasteiger partial charge in [0.15, 0.2) is 0 Å². The summed E-state index contributed by atoms with van der Waals surface area (Å²) in [7, 11) is 0. The van der Waals surface area contributed by atoms with Crippen LogP contribution in [0.3, 0.4) is 0 Å². The van der Waals surface area contributed by atoms with Gasteiger partial charge in [-0.15, -0.1) is 0 Å². The molecule has 3 heterocycles. The highest BCUT2D eigenvalue weighted by Crippen LogP contribution is 2.23. The summed E-state index contributed by atoms with van der Waals surface area (Å²) in [5.41, 5.74) is 0.861. The fourth-order valence-corrected chi connectivity index (χ4v) is 2.11. The molecule has 0 bridgehead atoms. The summed E-state index contributed by atoms with van der Waals surface area (Å²) in [6.45, 7) is 1.33. The standard InChI is InChI=1S/C12H11N3O2/c16-11-9(14-5-1-2-6-14)10(12(17)13-11)15-7-3-4-8-15/h1-6H,7-8H2,(H,13,16,17). The highest BCUT2D eigenvalue weighted by atomic mass is 16.2. The number of aromatic nitrogens is 1. The zero-order valence-electron chi connectivity index (χ0n) is 9.09. The highest BCUT2D eigenvalue weighted by Gasteiger charge is 2.34. The molecule has 0 saturated heterocycles. The van der Waals surface area contributed by atoms with Gasteiger partial charge < -0.3 is 9.47 Å². The van der Waals surface area contributed by atoms with Crippen LogP contribution < -0.4 is 5.32 Å². The van der Waals surface area contributed by atoms with E-state index in [1.54, 1.807) is 17.0 Å². The maximum absolute atomic E-state index is 11.8. The van der Waals surface area contributed by atoms with E-state index in [2.05, 4.69) is 5.32 Å². The fraction of sp³-hybridized carbons (Fsp3) is 0.167. The molecule has 5 heteroatoms. The summed E-state index contributed by atoms with van der Waals surface area (Å²) in [4.78, 5) is 25.5. The smallest absolute Gasteiger partial charge is 0.277 e. The van der Waals surface area contributed by atoms with E-state index in [0.717, 1.165) is 0 Å². The molecule has 0 unspecified atom stereocenters. The molecule has 0 saturated carbocycles. The average molecular weight is 229 g/mol. The zero-order chi connectivity index (χ0) is 11.8. The third-order valence-electron chi connectivity index (χ3n) is 2.88. The molecule has 3 rings (SSSR count). The Bertz CT molecular complexity index is 532. The van der Waals surface area contributed by atoms with Crippen LogP contribution >= 0.6 is 0 Å². The SMILES string of the molecule is O=C1NC(=O)C(n2cccc2)=C1N1CC=CC1. The number of nitrogens with one attached hydrogen (secondary N) is 1. The van der Waals surface area contributed by atoms with Crippen LogP contribution in [0.5, 0.6) is 0 Å². The van der Waals surface area contributed by atoms with Crippen molar-refractivity contribution in [1.82, 2.24) is 14.8 Å². The van der Waals surface area contributed by atoms with Crippen LogP contribution in [0.25, 0.3) is 5.70 Å². The Kier molecular flexibility index (Phi) is 2.11. The van der Waals surface area contributed by atoms with Crippen LogP contribution in [0.1, 0.15) is 0 Å². The predicted molar refractivity (Wildman–Crippen MR) is 61.5 cm³/mol. The summed E-state index contributed by atoms with van der Waals surface area (Å²) >= 11 is 0. The molecule has 2 aliphatic heterocycles. The van der Waals surface area contributed by atoms with Crippen molar-refractivity contribution >= 4 is 17.5 Å². The molecule has 0 aromatic carbocycles. The normalized spacial score (nSPS) is 19.4. The van der Waals surface area contributed by atoms with E-state index < -0.39 is 0 Å². The molecule has 0 fully saturated rings. The van der Waals surface area contributed by atoms with Crippen LogP contribution in [0, 0.1) is 0 Å². The molecule has 2 amide bonds. The lowest BCUT2D eigenvalue weighted by Gasteiger charge is -2.18. The Labute approximate surface area is 98.0 Å². The lowest BCUT2D eigenvalue weighted by atomic mass is 10.3. The van der Waals surface area contributed by atoms with Gasteiger partial charge in [-0.1, -0.05) is 12.2 Å². The fourth-order valence-electron chi connectivity index (χ4n) is 2.11. The Balaban J connectivity index is 2.10. The molecule has 1 aromatic heterocycles. The first-order chi connectivity index (χ1) is 8.27. The molecule has 1 aromatic rings. The molecule has 0 radical (unpaired) electrons. The minimum atomic E-state index is -0.340. The third-order valence-corrected chi connectivity index (χ3v) is 2.88. The Morgan fingerprint density at radius 1 is 0.941 bits per heavy atom. The van der Waals surface area contributed by atoms with Gasteiger partial charge in [0.05, 0.1) is 0 Å². The highest BCUT2D eigenvalue weighted by molar-refractivity contribution is 6.32. The largest absolute Gasteiger partial charge is 0.358 e. The van der Waals surface area contributed by atoms with Crippen molar-refractivity contribution < 1.29 is 9.59 Å². The van der Waals surface area contributed by atoms with Gasteiger partial charge in [0, 0.05) is 25.5 Å². The monoisotopic (exact) mass is 229 g/mol. The molecule has 0 spiro atoms. The van der Waals surface area contributed by atoms with Gasteiger partial charge in [-0.2, -0.15) is 0 Å². The molecular formula is C12H11N3O2. The number of rotatable bonds is 2. The van der Waals surface area contributed by atoms with Gasteiger partial charge in [-0.3, -0.25) is 14.9 Å². The maximum Gasteiger partial charge on any atom is 0.277 e. The number of hydrogen-bond acceptors (Lipinski definition) is 3. The van der Waals surface area contributed by atoms with Gasteiger partial charge in [-0.05, 0) is 12.1 Å². The van der Waals surface area contributed by atoms with Crippen molar-refractivity contribution in [2.45, 2.75) is 0 Å². The van der Waals surface area contributed by atoms with E-state index in [0.29, 0.717) is 24.5 Å². The Morgan fingerprint density at radius 2 is 1.53 bits per heavy atom. The molecule has 5 nitrogen and oxygen atoms in total. The van der Waals surface area contributed by atoms with E-state index in [-0.39, 0.29) is 11.8 Å². The number of amides is 2. The molecular weight excluding hydrogens is 218 g/mol. The Morgan fingerprint density at radius 3 is 2.18 bits per heavy atom. The average Bonchev–Trinajstić information content (AvgIpc) is 2.98. The van der Waals surface area contributed by atoms with Gasteiger partial charge in [0.25, 0.3) is 11.8 Å². The predicted octanol–water partition coefficient (Wildman–Crippen LogP) is 0.185. The number of carbonyl (C=O) groups excluding carboxylic acids is 2. The van der Waals surface area contributed by atoms with Crippen molar-refractivity contribution in [2.24, 2.45) is 0 Å². The van der Waals surface area contributed by atoms with E-state index in [4.69, 9.17) is 0 Å². The van der Waals surface area contributed by atoms with Crippen molar-refractivity contribution in [1.29, 1.82) is 0 Å². The van der Waals surface area contributed by atoms with Gasteiger partial charge >= 0.3 is 0 Å². The van der Waals surface area contributed by atoms with Crippen molar-refractivity contribution in [3.05, 3.63) is 42.4 Å². The van der Waals surface area contributed by atoms with Crippen LogP contribution in [0.15, 0.2) is 42.4 Å². The Hall–Kier alpha value is -2.30. The van der Waals surface area contributed by atoms with Crippen LogP contribution in [-0.2, 0) is 9.59 Å². The van der Waals surface area contributed by atoms with E-state index >= 15 is 0 Å². The molecule has 17 heavy (non-hydrogen) atoms. The number of carbonyl (C=O) groups is 2. The van der Waals surface area contributed by atoms with E-state index in [1.807, 2.05) is 29.2 Å². The lowest BCUT2D eigenvalue weighted by Crippen LogP contribution is -2.29. The zero-order valence-corrected chi connectivity index (χ0v) is 9.09. The van der Waals surface area contributed by atoms with Crippen LogP contribution in [0.2, 0.25) is 0 Å². The molecule has 0 aliphatic carbocycles. The minimum absolute atomic E-state index is 0.317. The second-order valence-electron chi connectivity index (χ2n) is 3.95. The summed E-state index contributed by atoms with van der Waals surface area (Å²) in [6.07, 6.45) is 7.49. The number of hydrogen-bond donors (Lipinski definition) is 1. The summed E-state index contributed by atoms with van der Waals surface area (Å²) in [6, 6.07) is 3.64. The molecule has 0 atom stereocenters. The van der Waals surface area contributed by atoms with Gasteiger partial charge in [-0.25, -0.2) is 0 Å². The quantitative estimate of drug-likeness (QED) is 0.581. The van der Waals surface area contributed by atoms with Crippen molar-refractivity contribution in [3.8, 4) is 0 Å². The second-order valence-corrected chi connectivity index (χ2v) is 3.95. The van der Waals surface area contributed by atoms with E-state index in [1.165, 1.54) is 0 Å². The maximum atomic E-state index is 11.8. The third kappa shape index (κ3) is 1.47. The lowest BCUT2D eigenvalue weighted by molar-refractivity contribution is -0.124. The van der Waals surface area contributed by atoms with Crippen molar-refractivity contribution in [2.75, 3.05) is 13.1 Å². The van der Waals surface area contributed by atoms with Crippen molar-refractivity contribution in [3.63, 3.8) is 0 Å². The number of nitrogens with zero attached hydrogens (tertiary/aromatic N) is 2. The number of imide groups is 1.